The van der Waals surface area contributed by atoms with Crippen LogP contribution in [0.4, 0.5) is 0 Å². The SMILES string of the molecule is CCC1(C)OC(=O)C(/C=C/C=C/C=C2C(=O)OC3(CCC4(CC3)OC(=O)C(=CC=CC=CC3=C([O-])OC(CC)(CC)OC3=O)C(=O)O4)OC2=O)=C([O-])O1. The summed E-state index contributed by atoms with van der Waals surface area (Å²) in [6, 6.07) is 0. The molecule has 0 aromatic carbocycles. The maximum absolute atomic E-state index is 12.8. The van der Waals surface area contributed by atoms with Gasteiger partial charge in [0.15, 0.2) is 11.6 Å². The molecule has 5 aliphatic rings. The zero-order valence-electron chi connectivity index (χ0n) is 29.3. The zero-order chi connectivity index (χ0) is 38.6. The lowest BCUT2D eigenvalue weighted by Gasteiger charge is -2.45. The first-order valence-electron chi connectivity index (χ1n) is 16.8. The second-order valence-corrected chi connectivity index (χ2v) is 12.5. The Kier molecular flexibility index (Phi) is 10.7. The molecule has 282 valence electrons. The lowest BCUT2D eigenvalue weighted by molar-refractivity contribution is -0.399. The number of carbonyl (C=O) groups is 6. The van der Waals surface area contributed by atoms with Crippen LogP contribution in [0.25, 0.3) is 0 Å². The molecule has 2 spiro atoms. The topological polar surface area (TPSA) is 222 Å². The molecule has 0 aromatic heterocycles. The summed E-state index contributed by atoms with van der Waals surface area (Å²) in [6.45, 7) is 6.60. The third-order valence-electron chi connectivity index (χ3n) is 9.04. The monoisotopic (exact) mass is 736 g/mol. The molecule has 1 aliphatic carbocycles. The summed E-state index contributed by atoms with van der Waals surface area (Å²) in [5.74, 6) is -13.3. The minimum Gasteiger partial charge on any atom is -0.574 e. The van der Waals surface area contributed by atoms with Crippen molar-refractivity contribution in [2.75, 3.05) is 0 Å². The van der Waals surface area contributed by atoms with Crippen LogP contribution < -0.4 is 10.2 Å². The Labute approximate surface area is 303 Å². The third-order valence-corrected chi connectivity index (χ3v) is 9.04. The minimum absolute atomic E-state index is 0.149. The van der Waals surface area contributed by atoms with Crippen LogP contribution in [0, 0.1) is 0 Å². The van der Waals surface area contributed by atoms with E-state index in [2.05, 4.69) is 0 Å². The van der Waals surface area contributed by atoms with Gasteiger partial charge in [-0.3, -0.25) is 0 Å². The molecular formula is C37H36O16-2. The summed E-state index contributed by atoms with van der Waals surface area (Å²) in [4.78, 5) is 75.7. The van der Waals surface area contributed by atoms with Gasteiger partial charge in [0.05, 0.1) is 23.0 Å². The van der Waals surface area contributed by atoms with E-state index in [0.29, 0.717) is 12.8 Å². The first-order chi connectivity index (χ1) is 25.1. The summed E-state index contributed by atoms with van der Waals surface area (Å²) in [5.41, 5.74) is -1.51. The van der Waals surface area contributed by atoms with Crippen LogP contribution >= 0.6 is 0 Å². The molecule has 0 aromatic rings. The highest BCUT2D eigenvalue weighted by molar-refractivity contribution is 6.16. The molecule has 4 heterocycles. The van der Waals surface area contributed by atoms with Gasteiger partial charge < -0.3 is 48.1 Å². The summed E-state index contributed by atoms with van der Waals surface area (Å²) in [5, 5.41) is 24.5. The van der Waals surface area contributed by atoms with Crippen molar-refractivity contribution in [2.24, 2.45) is 0 Å². The zero-order valence-corrected chi connectivity index (χ0v) is 29.3. The Hall–Kier alpha value is -6.06. The fourth-order valence-electron chi connectivity index (χ4n) is 5.65. The normalized spacial score (nSPS) is 29.0. The standard InChI is InChI=1S/C37H38O16/c1-5-34(4)46-26(38)22(27(39)47-34)14-10-8-12-16-24-30(42)50-36(51-31(24)43)18-20-37(21-19-36)52-32(44)25(33(45)53-37)17-13-9-11-15-23-28(40)48-35(6-2,7-3)49-29(23)41/h8-17,38,40H,5-7,18-21H2,1-4H3/p-2/b12-8+,13-9?,14-10+,15-11?,24-16?,25-17?. The van der Waals surface area contributed by atoms with Crippen molar-refractivity contribution in [3.8, 4) is 0 Å². The highest BCUT2D eigenvalue weighted by Gasteiger charge is 2.56. The van der Waals surface area contributed by atoms with E-state index < -0.39 is 82.0 Å². The van der Waals surface area contributed by atoms with E-state index in [-0.39, 0.29) is 43.3 Å². The first kappa shape index (κ1) is 38.2. The molecule has 0 amide bonds. The highest BCUT2D eigenvalue weighted by atomic mass is 16.8. The van der Waals surface area contributed by atoms with Crippen molar-refractivity contribution in [3.05, 3.63) is 94.9 Å². The lowest BCUT2D eigenvalue weighted by Crippen LogP contribution is -2.56. The molecule has 3 fully saturated rings. The van der Waals surface area contributed by atoms with Crippen molar-refractivity contribution < 1.29 is 76.9 Å². The van der Waals surface area contributed by atoms with Gasteiger partial charge in [0, 0.05) is 25.7 Å². The fraction of sp³-hybridized carbons (Fsp3) is 0.405. The molecule has 1 unspecified atom stereocenters. The van der Waals surface area contributed by atoms with Crippen molar-refractivity contribution in [1.29, 1.82) is 0 Å². The fourth-order valence-corrected chi connectivity index (χ4v) is 5.65. The predicted octanol–water partition coefficient (Wildman–Crippen LogP) is 2.16. The molecule has 5 rings (SSSR count). The lowest BCUT2D eigenvalue weighted by atomic mass is 9.87. The Morgan fingerprint density at radius 2 is 0.887 bits per heavy atom. The van der Waals surface area contributed by atoms with E-state index in [0.717, 1.165) is 18.2 Å². The molecule has 1 saturated carbocycles. The number of allylic oxidation sites excluding steroid dienone is 8. The Morgan fingerprint density at radius 1 is 0.491 bits per heavy atom. The molecule has 0 bridgehead atoms. The molecule has 2 saturated heterocycles. The number of hydrogen-bond acceptors (Lipinski definition) is 16. The van der Waals surface area contributed by atoms with E-state index >= 15 is 0 Å². The van der Waals surface area contributed by atoms with Gasteiger partial charge in [-0.05, 0) is 50.5 Å². The maximum atomic E-state index is 12.8. The van der Waals surface area contributed by atoms with Gasteiger partial charge in [0.2, 0.25) is 0 Å². The van der Waals surface area contributed by atoms with Gasteiger partial charge in [0.25, 0.3) is 11.6 Å². The molecule has 4 aliphatic heterocycles. The highest BCUT2D eigenvalue weighted by Crippen LogP contribution is 2.45. The number of rotatable bonds is 9. The number of hydrogen-bond donors (Lipinski definition) is 0. The van der Waals surface area contributed by atoms with Crippen LogP contribution in [0.1, 0.15) is 72.6 Å². The van der Waals surface area contributed by atoms with Crippen molar-refractivity contribution in [1.82, 2.24) is 0 Å². The quantitative estimate of drug-likeness (QED) is 0.109. The van der Waals surface area contributed by atoms with Crippen LogP contribution in [-0.4, -0.2) is 59.0 Å². The largest absolute Gasteiger partial charge is 0.574 e. The van der Waals surface area contributed by atoms with Crippen LogP contribution in [0.3, 0.4) is 0 Å². The Balaban J connectivity index is 1.14. The summed E-state index contributed by atoms with van der Waals surface area (Å²) < 4.78 is 42.8. The average Bonchev–Trinajstić information content (AvgIpc) is 3.10. The van der Waals surface area contributed by atoms with Crippen LogP contribution in [0.15, 0.2) is 94.9 Å². The van der Waals surface area contributed by atoms with E-state index in [1.165, 1.54) is 49.5 Å². The van der Waals surface area contributed by atoms with Gasteiger partial charge in [-0.1, -0.05) is 57.2 Å². The number of cyclic esters (lactones) is 2. The van der Waals surface area contributed by atoms with Gasteiger partial charge in [-0.15, -0.1) is 0 Å². The summed E-state index contributed by atoms with van der Waals surface area (Å²) in [6.07, 6.45) is 12.8. The molecule has 53 heavy (non-hydrogen) atoms. The molecule has 16 heteroatoms. The Morgan fingerprint density at radius 3 is 1.25 bits per heavy atom. The average molecular weight is 737 g/mol. The first-order valence-corrected chi connectivity index (χ1v) is 16.8. The third kappa shape index (κ3) is 8.05. The van der Waals surface area contributed by atoms with Gasteiger partial charge in [-0.25, -0.2) is 28.8 Å². The van der Waals surface area contributed by atoms with Crippen molar-refractivity contribution in [2.45, 2.75) is 95.8 Å². The van der Waals surface area contributed by atoms with Crippen LogP contribution in [0.5, 0.6) is 0 Å². The van der Waals surface area contributed by atoms with Crippen molar-refractivity contribution in [3.63, 3.8) is 0 Å². The van der Waals surface area contributed by atoms with Gasteiger partial charge >= 0.3 is 35.8 Å². The predicted molar refractivity (Wildman–Crippen MR) is 171 cm³/mol. The number of esters is 6. The second kappa shape index (κ2) is 14.9. The minimum atomic E-state index is -1.68. The molecular weight excluding hydrogens is 700 g/mol. The van der Waals surface area contributed by atoms with E-state index in [1.54, 1.807) is 20.8 Å². The van der Waals surface area contributed by atoms with E-state index in [9.17, 15) is 39.0 Å². The second-order valence-electron chi connectivity index (χ2n) is 12.5. The van der Waals surface area contributed by atoms with Crippen molar-refractivity contribution >= 4 is 35.8 Å². The smallest absolute Gasteiger partial charge is 0.348 e. The molecule has 1 atom stereocenters. The molecule has 16 nitrogen and oxygen atoms in total. The van der Waals surface area contributed by atoms with Gasteiger partial charge in [-0.2, -0.15) is 0 Å². The maximum Gasteiger partial charge on any atom is 0.348 e. The molecule has 0 N–H and O–H groups in total. The summed E-state index contributed by atoms with van der Waals surface area (Å²) >= 11 is 0. The number of ether oxygens (including phenoxy) is 8. The Bertz CT molecular complexity index is 1790. The van der Waals surface area contributed by atoms with Crippen LogP contribution in [-0.2, 0) is 66.7 Å². The number of carbonyl (C=O) groups excluding carboxylic acids is 6. The van der Waals surface area contributed by atoms with Gasteiger partial charge in [0.1, 0.15) is 11.1 Å². The molecule has 0 radical (unpaired) electrons. The van der Waals surface area contributed by atoms with E-state index in [4.69, 9.17) is 37.9 Å². The van der Waals surface area contributed by atoms with E-state index in [1.807, 2.05) is 0 Å². The summed E-state index contributed by atoms with van der Waals surface area (Å²) in [7, 11) is 0. The van der Waals surface area contributed by atoms with Crippen LogP contribution in [0.2, 0.25) is 0 Å².